The third kappa shape index (κ3) is 6.38. The molecule has 3 heterocycles. The molecule has 71 heavy (non-hydrogen) atoms. The van der Waals surface area contributed by atoms with Crippen LogP contribution in [0, 0.1) is 11.3 Å². The molecule has 4 nitrogen and oxygen atoms in total. The normalized spacial score (nSPS) is 11.6. The van der Waals surface area contributed by atoms with E-state index < -0.39 is 0 Å². The van der Waals surface area contributed by atoms with Crippen molar-refractivity contribution in [2.45, 2.75) is 0 Å². The van der Waals surface area contributed by atoms with Crippen molar-refractivity contribution in [3.8, 4) is 67.6 Å². The van der Waals surface area contributed by atoms with Crippen molar-refractivity contribution in [1.82, 2.24) is 13.7 Å². The summed E-state index contributed by atoms with van der Waals surface area (Å²) >= 11 is 0. The molecule has 0 aliphatic heterocycles. The Balaban J connectivity index is 1.14. The van der Waals surface area contributed by atoms with E-state index in [9.17, 15) is 5.26 Å². The van der Waals surface area contributed by atoms with Gasteiger partial charge in [-0.25, -0.2) is 0 Å². The fourth-order valence-electron chi connectivity index (χ4n) is 11.2. The van der Waals surface area contributed by atoms with Gasteiger partial charge in [0.1, 0.15) is 6.07 Å². The summed E-state index contributed by atoms with van der Waals surface area (Å²) in [7, 11) is 0. The van der Waals surface area contributed by atoms with Gasteiger partial charge in [0.05, 0.1) is 50.0 Å². The molecule has 0 saturated carbocycles. The highest BCUT2D eigenvalue weighted by atomic mass is 15.1. The van der Waals surface area contributed by atoms with Crippen molar-refractivity contribution in [1.29, 1.82) is 5.26 Å². The second-order valence-electron chi connectivity index (χ2n) is 18.4. The zero-order chi connectivity index (χ0) is 47.0. The lowest BCUT2D eigenvalue weighted by atomic mass is 10.0. The molecule has 0 aliphatic rings. The number of nitriles is 1. The van der Waals surface area contributed by atoms with Gasteiger partial charge in [-0.2, -0.15) is 5.26 Å². The number of benzene rings is 11. The molecule has 0 N–H and O–H groups in total. The van der Waals surface area contributed by atoms with Crippen molar-refractivity contribution in [3.05, 3.63) is 260 Å². The van der Waals surface area contributed by atoms with E-state index in [1.807, 2.05) is 0 Å². The van der Waals surface area contributed by atoms with Crippen molar-refractivity contribution in [2.24, 2.45) is 0 Å². The zero-order valence-electron chi connectivity index (χ0n) is 38.5. The largest absolute Gasteiger partial charge is 0.308 e. The van der Waals surface area contributed by atoms with Gasteiger partial charge >= 0.3 is 0 Å². The molecule has 0 spiro atoms. The van der Waals surface area contributed by atoms with Crippen molar-refractivity contribution < 1.29 is 0 Å². The van der Waals surface area contributed by atoms with Gasteiger partial charge in [0.2, 0.25) is 0 Å². The van der Waals surface area contributed by atoms with Crippen molar-refractivity contribution in [2.75, 3.05) is 0 Å². The molecule has 0 fully saturated rings. The molecule has 0 unspecified atom stereocenters. The monoisotopic (exact) mass is 902 g/mol. The predicted octanol–water partition coefficient (Wildman–Crippen LogP) is 17.5. The van der Waals surface area contributed by atoms with Crippen LogP contribution < -0.4 is 0 Å². The first-order valence-electron chi connectivity index (χ1n) is 24.1. The Kier molecular flexibility index (Phi) is 9.23. The minimum absolute atomic E-state index is 0.572. The Bertz CT molecular complexity index is 4230. The Morgan fingerprint density at radius 2 is 0.634 bits per heavy atom. The highest BCUT2D eigenvalue weighted by Gasteiger charge is 2.28. The van der Waals surface area contributed by atoms with Crippen molar-refractivity contribution >= 4 is 65.4 Å². The van der Waals surface area contributed by atoms with Gasteiger partial charge < -0.3 is 13.7 Å². The van der Waals surface area contributed by atoms with Gasteiger partial charge in [0.25, 0.3) is 0 Å². The van der Waals surface area contributed by atoms with E-state index in [1.165, 1.54) is 0 Å². The Hall–Kier alpha value is -9.69. The highest BCUT2D eigenvalue weighted by molar-refractivity contribution is 6.21. The maximum absolute atomic E-state index is 11.8. The molecular weight excluding hydrogens is 861 g/mol. The molecule has 0 saturated heterocycles. The second-order valence-corrected chi connectivity index (χ2v) is 18.4. The van der Waals surface area contributed by atoms with Crippen LogP contribution >= 0.6 is 0 Å². The summed E-state index contributed by atoms with van der Waals surface area (Å²) < 4.78 is 7.15. The molecule has 0 amide bonds. The van der Waals surface area contributed by atoms with Gasteiger partial charge in [0, 0.05) is 38.0 Å². The minimum Gasteiger partial charge on any atom is -0.308 e. The lowest BCUT2D eigenvalue weighted by Crippen LogP contribution is -2.06. The van der Waals surface area contributed by atoms with Crippen LogP contribution in [0.25, 0.3) is 127 Å². The van der Waals surface area contributed by atoms with Crippen LogP contribution in [0.4, 0.5) is 0 Å². The summed E-state index contributed by atoms with van der Waals surface area (Å²) in [5.74, 6) is 0. The standard InChI is InChI=1S/C67H42N4/c68-43-52-42-64(70-60-34-30-48(44-18-6-1-7-19-44)38-55(60)56-39-49(31-35-61(56)70)45-20-8-2-9-21-45)65-54-28-16-17-29-59(54)69(53-26-14-5-15-27-53)67(65)66(52)71-62-36-32-50(46-22-10-3-11-23-46)40-57(62)58-41-51(33-37-63(58)71)47-24-12-4-13-25-47/h1-42H. The van der Waals surface area contributed by atoms with Gasteiger partial charge in [-0.1, -0.05) is 182 Å². The number of nitrogens with zero attached hydrogens (tertiary/aromatic N) is 4. The summed E-state index contributed by atoms with van der Waals surface area (Å²) in [6.45, 7) is 0. The van der Waals surface area contributed by atoms with E-state index >= 15 is 0 Å². The van der Waals surface area contributed by atoms with E-state index in [-0.39, 0.29) is 0 Å². The first-order valence-corrected chi connectivity index (χ1v) is 24.1. The molecule has 330 valence electrons. The highest BCUT2D eigenvalue weighted by Crippen LogP contribution is 2.47. The lowest BCUT2D eigenvalue weighted by Gasteiger charge is -2.19. The topological polar surface area (TPSA) is 38.6 Å². The predicted molar refractivity (Wildman–Crippen MR) is 296 cm³/mol. The Labute approximate surface area is 410 Å². The third-order valence-electron chi connectivity index (χ3n) is 14.4. The van der Waals surface area contributed by atoms with Crippen LogP contribution in [-0.2, 0) is 0 Å². The SMILES string of the molecule is N#Cc1cc(-n2c3ccc(-c4ccccc4)cc3c3cc(-c4ccccc4)ccc32)c2c3ccccc3n(-c3ccccc3)c2c1-n1c2ccc(-c3ccccc3)cc2c2cc(-c3ccccc3)ccc21. The van der Waals surface area contributed by atoms with Crippen LogP contribution in [0.2, 0.25) is 0 Å². The maximum atomic E-state index is 11.8. The van der Waals surface area contributed by atoms with Gasteiger partial charge in [0.15, 0.2) is 0 Å². The summed E-state index contributed by atoms with van der Waals surface area (Å²) in [5, 5.41) is 18.5. The summed E-state index contributed by atoms with van der Waals surface area (Å²) in [5.41, 5.74) is 18.8. The van der Waals surface area contributed by atoms with Crippen LogP contribution in [0.1, 0.15) is 5.56 Å². The second kappa shape index (κ2) is 16.2. The van der Waals surface area contributed by atoms with Gasteiger partial charge in [-0.05, 0) is 117 Å². The van der Waals surface area contributed by atoms with Crippen molar-refractivity contribution in [3.63, 3.8) is 0 Å². The lowest BCUT2D eigenvalue weighted by molar-refractivity contribution is 1.11. The average molecular weight is 903 g/mol. The fourth-order valence-corrected chi connectivity index (χ4v) is 11.2. The minimum atomic E-state index is 0.572. The van der Waals surface area contributed by atoms with Crippen LogP contribution in [-0.4, -0.2) is 13.7 Å². The van der Waals surface area contributed by atoms with E-state index in [1.54, 1.807) is 0 Å². The summed E-state index contributed by atoms with van der Waals surface area (Å²) in [6, 6.07) is 94.0. The smallest absolute Gasteiger partial charge is 0.101 e. The molecule has 0 aliphatic carbocycles. The molecule has 3 aromatic heterocycles. The van der Waals surface area contributed by atoms with E-state index in [0.717, 1.165) is 127 Å². The zero-order valence-corrected chi connectivity index (χ0v) is 38.5. The molecule has 14 aromatic rings. The number of aromatic nitrogens is 3. The molecule has 0 bridgehead atoms. The molecular formula is C67H42N4. The third-order valence-corrected chi connectivity index (χ3v) is 14.4. The van der Waals surface area contributed by atoms with Crippen LogP contribution in [0.3, 0.4) is 0 Å². The van der Waals surface area contributed by atoms with E-state index in [4.69, 9.17) is 0 Å². The molecule has 0 radical (unpaired) electrons. The van der Waals surface area contributed by atoms with E-state index in [0.29, 0.717) is 5.56 Å². The van der Waals surface area contributed by atoms with E-state index in [2.05, 4.69) is 275 Å². The van der Waals surface area contributed by atoms with Crippen LogP contribution in [0.15, 0.2) is 255 Å². The number of hydrogen-bond acceptors (Lipinski definition) is 1. The van der Waals surface area contributed by atoms with Gasteiger partial charge in [-0.3, -0.25) is 0 Å². The van der Waals surface area contributed by atoms with Gasteiger partial charge in [-0.15, -0.1) is 0 Å². The molecule has 0 atom stereocenters. The number of rotatable bonds is 7. The molecule has 11 aromatic carbocycles. The van der Waals surface area contributed by atoms with Crippen LogP contribution in [0.5, 0.6) is 0 Å². The fraction of sp³-hybridized carbons (Fsp3) is 0. The Morgan fingerprint density at radius 3 is 1.04 bits per heavy atom. The quantitative estimate of drug-likeness (QED) is 0.157. The molecule has 4 heteroatoms. The number of hydrogen-bond donors (Lipinski definition) is 0. The maximum Gasteiger partial charge on any atom is 0.101 e. The number of fused-ring (bicyclic) bond motifs is 9. The molecule has 14 rings (SSSR count). The number of para-hydroxylation sites is 2. The Morgan fingerprint density at radius 1 is 0.282 bits per heavy atom. The first-order chi connectivity index (χ1) is 35.2. The summed E-state index contributed by atoms with van der Waals surface area (Å²) in [6.07, 6.45) is 0. The summed E-state index contributed by atoms with van der Waals surface area (Å²) in [4.78, 5) is 0. The average Bonchev–Trinajstić information content (AvgIpc) is 4.09. The first kappa shape index (κ1) is 40.4.